The number of carbonyl (C=O) groups is 4. The van der Waals surface area contributed by atoms with Crippen molar-refractivity contribution in [1.29, 1.82) is 0 Å². The molecule has 2 bridgehead atoms. The predicted molar refractivity (Wildman–Crippen MR) is 128 cm³/mol. The highest BCUT2D eigenvalue weighted by Crippen LogP contribution is 2.30. The molecule has 4 rings (SSSR count). The molecule has 10 heteroatoms. The Kier molecular flexibility index (Phi) is 8.02. The smallest absolute Gasteiger partial charge is 0.251 e. The molecule has 190 valence electrons. The first-order valence-electron chi connectivity index (χ1n) is 12.3. The van der Waals surface area contributed by atoms with Crippen molar-refractivity contribution in [2.75, 3.05) is 39.8 Å². The number of carbonyl (C=O) groups excluding carboxylic acids is 4. The van der Waals surface area contributed by atoms with Gasteiger partial charge in [-0.15, -0.1) is 0 Å². The molecule has 35 heavy (non-hydrogen) atoms. The van der Waals surface area contributed by atoms with Crippen LogP contribution in [0.1, 0.15) is 25.3 Å². The van der Waals surface area contributed by atoms with E-state index in [1.54, 1.807) is 6.92 Å². The van der Waals surface area contributed by atoms with Crippen LogP contribution in [0.4, 0.5) is 0 Å². The van der Waals surface area contributed by atoms with Gasteiger partial charge in [0.15, 0.2) is 0 Å². The molecule has 3 aliphatic rings. The Hall–Kier alpha value is -2.98. The fourth-order valence-electron chi connectivity index (χ4n) is 4.58. The van der Waals surface area contributed by atoms with Crippen LogP contribution in [0.2, 0.25) is 0 Å². The van der Waals surface area contributed by atoms with E-state index < -0.39 is 24.1 Å². The molecule has 0 aromatic heterocycles. The zero-order valence-electron chi connectivity index (χ0n) is 20.4. The van der Waals surface area contributed by atoms with Gasteiger partial charge in [0.2, 0.25) is 17.7 Å². The van der Waals surface area contributed by atoms with E-state index in [4.69, 9.17) is 4.74 Å². The van der Waals surface area contributed by atoms with E-state index >= 15 is 0 Å². The van der Waals surface area contributed by atoms with Gasteiger partial charge < -0.3 is 25.6 Å². The second-order valence-electron chi connectivity index (χ2n) is 9.89. The van der Waals surface area contributed by atoms with E-state index in [0.29, 0.717) is 19.0 Å². The molecule has 3 fully saturated rings. The Bertz CT molecular complexity index is 937. The fraction of sp³-hybridized carbons (Fsp3) is 0.600. The van der Waals surface area contributed by atoms with E-state index in [1.807, 2.05) is 30.3 Å². The molecule has 1 aromatic rings. The van der Waals surface area contributed by atoms with Crippen molar-refractivity contribution in [3.05, 3.63) is 35.9 Å². The van der Waals surface area contributed by atoms with Crippen LogP contribution < -0.4 is 16.0 Å². The van der Waals surface area contributed by atoms with Crippen LogP contribution in [0, 0.1) is 5.92 Å². The highest BCUT2D eigenvalue weighted by atomic mass is 16.5. The predicted octanol–water partition coefficient (Wildman–Crippen LogP) is -0.714. The fourth-order valence-corrected chi connectivity index (χ4v) is 4.58. The molecule has 0 unspecified atom stereocenters. The summed E-state index contributed by atoms with van der Waals surface area (Å²) >= 11 is 0. The lowest BCUT2D eigenvalue weighted by molar-refractivity contribution is -0.150. The van der Waals surface area contributed by atoms with Crippen molar-refractivity contribution in [3.63, 3.8) is 0 Å². The number of likely N-dealkylation sites (N-methyl/N-ethyl adjacent to an activating group) is 1. The third-order valence-corrected chi connectivity index (χ3v) is 6.68. The first kappa shape index (κ1) is 25.1. The van der Waals surface area contributed by atoms with Gasteiger partial charge in [-0.3, -0.25) is 24.1 Å². The van der Waals surface area contributed by atoms with Crippen LogP contribution in [-0.2, 0) is 30.3 Å². The van der Waals surface area contributed by atoms with Crippen LogP contribution in [0.25, 0.3) is 0 Å². The number of nitrogens with zero attached hydrogens (tertiary/aromatic N) is 2. The van der Waals surface area contributed by atoms with Crippen molar-refractivity contribution < 1.29 is 23.9 Å². The number of rotatable bonds is 4. The SMILES string of the molecule is C[C@H]1NC(=O)CN(C)C(=O)[C@@H](Cc2ccccc2)NC(=O)[C@H]2CN(CC3CC3)C[C@H](CNC1=O)O2. The number of ether oxygens (including phenoxy) is 1. The minimum atomic E-state index is -0.856. The molecule has 10 nitrogen and oxygen atoms in total. The van der Waals surface area contributed by atoms with Gasteiger partial charge in [0, 0.05) is 39.6 Å². The van der Waals surface area contributed by atoms with Crippen LogP contribution in [-0.4, -0.2) is 97.5 Å². The van der Waals surface area contributed by atoms with E-state index in [0.717, 1.165) is 12.1 Å². The normalized spacial score (nSPS) is 29.5. The summed E-state index contributed by atoms with van der Waals surface area (Å²) in [7, 11) is 1.51. The summed E-state index contributed by atoms with van der Waals surface area (Å²) in [5, 5.41) is 8.36. The zero-order valence-corrected chi connectivity index (χ0v) is 20.4. The molecule has 2 saturated heterocycles. The minimum absolute atomic E-state index is 0.227. The average molecular weight is 486 g/mol. The standard InChI is InChI=1S/C25H35N5O5/c1-16-23(32)26-11-19-13-30(12-18-8-9-18)14-21(35-19)24(33)28-20(10-17-6-4-3-5-7-17)25(34)29(2)15-22(31)27-16/h3-7,16,18-21H,8-15H2,1-2H3,(H,26,32)(H,27,31)(H,28,33)/t16-,19+,20-,21-/m1/s1. The topological polar surface area (TPSA) is 120 Å². The Morgan fingerprint density at radius 1 is 1.00 bits per heavy atom. The lowest BCUT2D eigenvalue weighted by Crippen LogP contribution is -2.59. The van der Waals surface area contributed by atoms with E-state index in [-0.39, 0.29) is 43.3 Å². The quantitative estimate of drug-likeness (QED) is 0.518. The maximum Gasteiger partial charge on any atom is 0.251 e. The number of fused-ring (bicyclic) bond motifs is 2. The molecule has 4 amide bonds. The number of benzene rings is 1. The van der Waals surface area contributed by atoms with Gasteiger partial charge in [-0.1, -0.05) is 30.3 Å². The van der Waals surface area contributed by atoms with Crippen molar-refractivity contribution in [2.24, 2.45) is 5.92 Å². The number of amides is 4. The van der Waals surface area contributed by atoms with Gasteiger partial charge in [0.05, 0.1) is 12.6 Å². The van der Waals surface area contributed by atoms with Gasteiger partial charge in [0.25, 0.3) is 5.91 Å². The minimum Gasteiger partial charge on any atom is -0.361 e. The van der Waals surface area contributed by atoms with Gasteiger partial charge in [0.1, 0.15) is 18.2 Å². The lowest BCUT2D eigenvalue weighted by atomic mass is 10.0. The van der Waals surface area contributed by atoms with Gasteiger partial charge in [-0.2, -0.15) is 0 Å². The van der Waals surface area contributed by atoms with E-state index in [9.17, 15) is 19.2 Å². The maximum absolute atomic E-state index is 13.3. The Morgan fingerprint density at radius 2 is 1.74 bits per heavy atom. The molecule has 0 spiro atoms. The Balaban J connectivity index is 1.57. The summed E-state index contributed by atoms with van der Waals surface area (Å²) in [5.41, 5.74) is 0.892. The lowest BCUT2D eigenvalue weighted by Gasteiger charge is -2.38. The van der Waals surface area contributed by atoms with Gasteiger partial charge in [-0.05, 0) is 31.2 Å². The van der Waals surface area contributed by atoms with Crippen LogP contribution in [0.3, 0.4) is 0 Å². The summed E-state index contributed by atoms with van der Waals surface area (Å²) in [6.45, 7) is 3.53. The van der Waals surface area contributed by atoms with Crippen molar-refractivity contribution in [3.8, 4) is 0 Å². The molecule has 1 saturated carbocycles. The summed E-state index contributed by atoms with van der Waals surface area (Å²) < 4.78 is 6.09. The third-order valence-electron chi connectivity index (χ3n) is 6.68. The molecule has 2 aliphatic heterocycles. The molecule has 3 N–H and O–H groups in total. The summed E-state index contributed by atoms with van der Waals surface area (Å²) in [6.07, 6.45) is 1.53. The number of hydrogen-bond donors (Lipinski definition) is 3. The number of morpholine rings is 1. The Morgan fingerprint density at radius 3 is 2.46 bits per heavy atom. The summed E-state index contributed by atoms with van der Waals surface area (Å²) in [6, 6.07) is 7.81. The molecule has 4 atom stereocenters. The highest BCUT2D eigenvalue weighted by molar-refractivity contribution is 5.93. The average Bonchev–Trinajstić information content (AvgIpc) is 3.65. The summed E-state index contributed by atoms with van der Waals surface area (Å²) in [4.78, 5) is 55.2. The third kappa shape index (κ3) is 7.02. The van der Waals surface area contributed by atoms with Crippen molar-refractivity contribution in [1.82, 2.24) is 25.8 Å². The maximum atomic E-state index is 13.3. The number of hydrogen-bond acceptors (Lipinski definition) is 6. The number of nitrogens with one attached hydrogen (secondary N) is 3. The molecule has 1 aliphatic carbocycles. The summed E-state index contributed by atoms with van der Waals surface area (Å²) in [5.74, 6) is -0.900. The second-order valence-corrected chi connectivity index (χ2v) is 9.89. The molecule has 2 heterocycles. The molecule has 1 aromatic carbocycles. The van der Waals surface area contributed by atoms with Crippen LogP contribution in [0.5, 0.6) is 0 Å². The zero-order chi connectivity index (χ0) is 24.9. The van der Waals surface area contributed by atoms with Crippen LogP contribution in [0.15, 0.2) is 30.3 Å². The first-order valence-corrected chi connectivity index (χ1v) is 12.3. The monoisotopic (exact) mass is 485 g/mol. The van der Waals surface area contributed by atoms with Gasteiger partial charge >= 0.3 is 0 Å². The molecular weight excluding hydrogens is 450 g/mol. The highest BCUT2D eigenvalue weighted by Gasteiger charge is 2.37. The van der Waals surface area contributed by atoms with Crippen LogP contribution >= 0.6 is 0 Å². The van der Waals surface area contributed by atoms with Crippen molar-refractivity contribution in [2.45, 2.75) is 50.5 Å². The Labute approximate surface area is 205 Å². The first-order chi connectivity index (χ1) is 16.8. The second kappa shape index (κ2) is 11.2. The van der Waals surface area contributed by atoms with Crippen molar-refractivity contribution >= 4 is 23.6 Å². The molecule has 0 radical (unpaired) electrons. The molecular formula is C25H35N5O5. The van der Waals surface area contributed by atoms with E-state index in [2.05, 4.69) is 20.9 Å². The van der Waals surface area contributed by atoms with Gasteiger partial charge in [-0.25, -0.2) is 0 Å². The van der Waals surface area contributed by atoms with E-state index in [1.165, 1.54) is 24.8 Å². The largest absolute Gasteiger partial charge is 0.361 e.